The molecule has 0 unspecified atom stereocenters. The molecule has 3 rings (SSSR count). The van der Waals surface area contributed by atoms with Crippen LogP contribution < -0.4 is 0 Å². The largest absolute Gasteiger partial charge is 0.295 e. The Bertz CT molecular complexity index is 596. The van der Waals surface area contributed by atoms with E-state index in [2.05, 4.69) is 14.9 Å². The standard InChI is InChI=1S/C15H25N5O2S/c1-18(15-4-2-3-5-15)23(21,22)20-10-8-19(9-11-20)13-14-12-16-6-7-17-14/h6-7,12,15H,2-5,8-11,13H2,1H3. The van der Waals surface area contributed by atoms with Crippen molar-refractivity contribution in [1.29, 1.82) is 0 Å². The first-order valence-corrected chi connectivity index (χ1v) is 9.67. The Morgan fingerprint density at radius 3 is 2.48 bits per heavy atom. The maximum absolute atomic E-state index is 12.7. The molecule has 1 aliphatic heterocycles. The molecule has 0 N–H and O–H groups in total. The Morgan fingerprint density at radius 2 is 1.87 bits per heavy atom. The van der Waals surface area contributed by atoms with Crippen molar-refractivity contribution in [3.8, 4) is 0 Å². The molecule has 8 heteroatoms. The van der Waals surface area contributed by atoms with E-state index in [9.17, 15) is 8.42 Å². The monoisotopic (exact) mass is 339 g/mol. The van der Waals surface area contributed by atoms with Gasteiger partial charge in [0, 0.05) is 64.4 Å². The smallest absolute Gasteiger partial charge is 0.282 e. The van der Waals surface area contributed by atoms with Crippen LogP contribution in [-0.2, 0) is 16.8 Å². The van der Waals surface area contributed by atoms with Gasteiger partial charge >= 0.3 is 0 Å². The van der Waals surface area contributed by atoms with Crippen molar-refractivity contribution >= 4 is 10.2 Å². The predicted octanol–water partition coefficient (Wildman–Crippen LogP) is 0.713. The van der Waals surface area contributed by atoms with E-state index >= 15 is 0 Å². The zero-order chi connectivity index (χ0) is 16.3. The lowest BCUT2D eigenvalue weighted by molar-refractivity contribution is 0.172. The molecule has 0 radical (unpaired) electrons. The fourth-order valence-corrected chi connectivity index (χ4v) is 4.97. The first-order chi connectivity index (χ1) is 11.1. The van der Waals surface area contributed by atoms with Gasteiger partial charge in [0.2, 0.25) is 0 Å². The van der Waals surface area contributed by atoms with E-state index in [0.717, 1.165) is 51.0 Å². The van der Waals surface area contributed by atoms with Gasteiger partial charge < -0.3 is 0 Å². The highest BCUT2D eigenvalue weighted by Gasteiger charge is 2.35. The van der Waals surface area contributed by atoms with E-state index in [0.29, 0.717) is 13.1 Å². The van der Waals surface area contributed by atoms with Crippen molar-refractivity contribution in [2.24, 2.45) is 0 Å². The summed E-state index contributed by atoms with van der Waals surface area (Å²) in [6, 6.07) is 0.178. The van der Waals surface area contributed by atoms with Crippen molar-refractivity contribution in [2.45, 2.75) is 38.3 Å². The van der Waals surface area contributed by atoms with E-state index in [-0.39, 0.29) is 6.04 Å². The molecule has 1 aromatic rings. The molecule has 1 saturated carbocycles. The normalized spacial score (nSPS) is 22.0. The summed E-state index contributed by atoms with van der Waals surface area (Å²) in [5, 5.41) is 0. The van der Waals surface area contributed by atoms with Gasteiger partial charge in [0.15, 0.2) is 0 Å². The number of hydrogen-bond donors (Lipinski definition) is 0. The quantitative estimate of drug-likeness (QED) is 0.790. The molecule has 2 heterocycles. The Kier molecular flexibility index (Phi) is 5.25. The summed E-state index contributed by atoms with van der Waals surface area (Å²) in [6.07, 6.45) is 9.36. The molecule has 0 bridgehead atoms. The summed E-state index contributed by atoms with van der Waals surface area (Å²) < 4.78 is 28.7. The third kappa shape index (κ3) is 3.88. The molecule has 0 aromatic carbocycles. The average molecular weight is 339 g/mol. The summed E-state index contributed by atoms with van der Waals surface area (Å²) >= 11 is 0. The van der Waals surface area contributed by atoms with Crippen molar-refractivity contribution in [2.75, 3.05) is 33.2 Å². The molecule has 1 aliphatic carbocycles. The van der Waals surface area contributed by atoms with Gasteiger partial charge in [-0.15, -0.1) is 0 Å². The minimum absolute atomic E-state index is 0.178. The topological polar surface area (TPSA) is 69.6 Å². The molecular weight excluding hydrogens is 314 g/mol. The second-order valence-corrected chi connectivity index (χ2v) is 8.32. The molecule has 2 fully saturated rings. The van der Waals surface area contributed by atoms with Crippen LogP contribution in [0.25, 0.3) is 0 Å². The molecule has 128 valence electrons. The predicted molar refractivity (Wildman–Crippen MR) is 87.8 cm³/mol. The van der Waals surface area contributed by atoms with Crippen LogP contribution in [0.2, 0.25) is 0 Å². The van der Waals surface area contributed by atoms with Crippen LogP contribution in [-0.4, -0.2) is 71.2 Å². The maximum atomic E-state index is 12.7. The van der Waals surface area contributed by atoms with Gasteiger partial charge in [0.25, 0.3) is 10.2 Å². The molecular formula is C15H25N5O2S. The lowest BCUT2D eigenvalue weighted by Crippen LogP contribution is -2.53. The minimum Gasteiger partial charge on any atom is -0.295 e. The second-order valence-electron chi connectivity index (χ2n) is 6.33. The molecule has 0 atom stereocenters. The van der Waals surface area contributed by atoms with Crippen LogP contribution in [0.15, 0.2) is 18.6 Å². The van der Waals surface area contributed by atoms with Crippen LogP contribution in [0.4, 0.5) is 0 Å². The highest BCUT2D eigenvalue weighted by atomic mass is 32.2. The Hall–Kier alpha value is -1.09. The van der Waals surface area contributed by atoms with Gasteiger partial charge in [-0.05, 0) is 12.8 Å². The average Bonchev–Trinajstić information content (AvgIpc) is 3.10. The summed E-state index contributed by atoms with van der Waals surface area (Å²) in [7, 11) is -1.60. The third-order valence-electron chi connectivity index (χ3n) is 4.86. The Balaban J connectivity index is 1.55. The van der Waals surface area contributed by atoms with Crippen molar-refractivity contribution in [1.82, 2.24) is 23.5 Å². The van der Waals surface area contributed by atoms with Crippen LogP contribution in [0.5, 0.6) is 0 Å². The van der Waals surface area contributed by atoms with E-state index in [4.69, 9.17) is 0 Å². The summed E-state index contributed by atoms with van der Waals surface area (Å²) in [5.41, 5.74) is 0.923. The molecule has 0 spiro atoms. The van der Waals surface area contributed by atoms with Gasteiger partial charge in [-0.1, -0.05) is 12.8 Å². The van der Waals surface area contributed by atoms with Gasteiger partial charge in [0.1, 0.15) is 0 Å². The van der Waals surface area contributed by atoms with E-state index in [1.54, 1.807) is 34.2 Å². The summed E-state index contributed by atoms with van der Waals surface area (Å²) in [5.74, 6) is 0. The zero-order valence-corrected chi connectivity index (χ0v) is 14.5. The van der Waals surface area contributed by atoms with Crippen LogP contribution in [0.1, 0.15) is 31.4 Å². The molecule has 0 amide bonds. The van der Waals surface area contributed by atoms with Gasteiger partial charge in [-0.2, -0.15) is 17.0 Å². The number of piperazine rings is 1. The lowest BCUT2D eigenvalue weighted by Gasteiger charge is -2.37. The van der Waals surface area contributed by atoms with E-state index < -0.39 is 10.2 Å². The number of rotatable bonds is 5. The minimum atomic E-state index is -3.33. The highest BCUT2D eigenvalue weighted by Crippen LogP contribution is 2.26. The second kappa shape index (κ2) is 7.21. The summed E-state index contributed by atoms with van der Waals surface area (Å²) in [6.45, 7) is 3.27. The van der Waals surface area contributed by atoms with Gasteiger partial charge in [-0.3, -0.25) is 14.9 Å². The molecule has 7 nitrogen and oxygen atoms in total. The highest BCUT2D eigenvalue weighted by molar-refractivity contribution is 7.86. The summed E-state index contributed by atoms with van der Waals surface area (Å²) in [4.78, 5) is 10.6. The lowest BCUT2D eigenvalue weighted by atomic mass is 10.3. The van der Waals surface area contributed by atoms with Crippen LogP contribution >= 0.6 is 0 Å². The SMILES string of the molecule is CN(C1CCCC1)S(=O)(=O)N1CCN(Cc2cnccn2)CC1. The van der Waals surface area contributed by atoms with E-state index in [1.165, 1.54) is 0 Å². The first kappa shape index (κ1) is 16.8. The zero-order valence-electron chi connectivity index (χ0n) is 13.6. The molecule has 2 aliphatic rings. The fraction of sp³-hybridized carbons (Fsp3) is 0.733. The van der Waals surface area contributed by atoms with Gasteiger partial charge in [0.05, 0.1) is 5.69 Å². The van der Waals surface area contributed by atoms with Crippen LogP contribution in [0, 0.1) is 0 Å². The molecule has 23 heavy (non-hydrogen) atoms. The van der Waals surface area contributed by atoms with Gasteiger partial charge in [-0.25, -0.2) is 0 Å². The Labute approximate surface area is 138 Å². The fourth-order valence-electron chi connectivity index (χ4n) is 3.40. The Morgan fingerprint density at radius 1 is 1.17 bits per heavy atom. The van der Waals surface area contributed by atoms with Crippen molar-refractivity contribution in [3.05, 3.63) is 24.3 Å². The third-order valence-corrected chi connectivity index (χ3v) is 6.91. The number of aromatic nitrogens is 2. The number of nitrogens with zero attached hydrogens (tertiary/aromatic N) is 5. The van der Waals surface area contributed by atoms with Crippen molar-refractivity contribution < 1.29 is 8.42 Å². The van der Waals surface area contributed by atoms with Crippen molar-refractivity contribution in [3.63, 3.8) is 0 Å². The van der Waals surface area contributed by atoms with Crippen LogP contribution in [0.3, 0.4) is 0 Å². The van der Waals surface area contributed by atoms with E-state index in [1.807, 2.05) is 0 Å². The molecule has 1 saturated heterocycles. The first-order valence-electron chi connectivity index (χ1n) is 8.28. The maximum Gasteiger partial charge on any atom is 0.282 e. The molecule has 1 aromatic heterocycles. The number of hydrogen-bond acceptors (Lipinski definition) is 5.